The summed E-state index contributed by atoms with van der Waals surface area (Å²) in [5.41, 5.74) is 20.0. The van der Waals surface area contributed by atoms with E-state index in [0.29, 0.717) is 0 Å². The summed E-state index contributed by atoms with van der Waals surface area (Å²) in [6, 6.07) is 93.7. The molecule has 0 spiro atoms. The minimum Gasteiger partial charge on any atom is -0.308 e. The quantitative estimate of drug-likeness (QED) is 0.161. The molecule has 20 aromatic rings. The number of imidazole rings is 2. The van der Waals surface area contributed by atoms with Crippen LogP contribution in [0.25, 0.3) is 176 Å². The topological polar surface area (TPSA) is 54.3 Å². The van der Waals surface area contributed by atoms with E-state index in [9.17, 15) is 0 Å². The van der Waals surface area contributed by atoms with Gasteiger partial charge in [-0.25, -0.2) is 9.97 Å². The highest BCUT2D eigenvalue weighted by atomic mass is 15.1. The zero-order chi connectivity index (χ0) is 55.9. The van der Waals surface area contributed by atoms with Crippen molar-refractivity contribution in [3.63, 3.8) is 0 Å². The van der Waals surface area contributed by atoms with Crippen molar-refractivity contribution >= 4 is 142 Å². The number of para-hydroxylation sites is 6. The molecule has 0 saturated heterocycles. The number of hydrogen-bond donors (Lipinski definition) is 0. The van der Waals surface area contributed by atoms with E-state index in [0.717, 1.165) is 106 Å². The number of pyridine rings is 2. The summed E-state index contributed by atoms with van der Waals surface area (Å²) < 4.78 is 14.8. The third-order valence-corrected chi connectivity index (χ3v) is 18.6. The zero-order valence-electron chi connectivity index (χ0n) is 46.1. The first kappa shape index (κ1) is 45.8. The maximum absolute atomic E-state index is 5.11. The van der Waals surface area contributed by atoms with Gasteiger partial charge in [0.1, 0.15) is 11.3 Å². The molecule has 12 aromatic carbocycles. The maximum atomic E-state index is 5.11. The monoisotopic (exact) mass is 1090 g/mol. The zero-order valence-corrected chi connectivity index (χ0v) is 46.1. The number of fused-ring (bicyclic) bond motifs is 30. The molecular weight excluding hydrogens is 1050 g/mol. The van der Waals surface area contributed by atoms with Gasteiger partial charge in [-0.1, -0.05) is 182 Å². The molecule has 0 aliphatic rings. The Bertz CT molecular complexity index is 6300. The van der Waals surface area contributed by atoms with Crippen molar-refractivity contribution in [1.29, 1.82) is 0 Å². The van der Waals surface area contributed by atoms with Crippen LogP contribution in [0.3, 0.4) is 0 Å². The first-order valence-electron chi connectivity index (χ1n) is 29.4. The lowest BCUT2D eigenvalue weighted by Gasteiger charge is -2.16. The molecule has 0 N–H and O–H groups in total. The van der Waals surface area contributed by atoms with E-state index in [1.165, 1.54) is 70.2 Å². The lowest BCUT2D eigenvalue weighted by Crippen LogP contribution is -2.00. The lowest BCUT2D eigenvalue weighted by atomic mass is 9.96. The van der Waals surface area contributed by atoms with Crippen LogP contribution in [0, 0.1) is 0 Å². The Labute approximate surface area is 489 Å². The van der Waals surface area contributed by atoms with E-state index in [1.54, 1.807) is 0 Å². The van der Waals surface area contributed by atoms with Crippen LogP contribution in [0.4, 0.5) is 0 Å². The van der Waals surface area contributed by atoms with Gasteiger partial charge < -0.3 is 18.3 Å². The smallest absolute Gasteiger partial charge is 0.145 e. The lowest BCUT2D eigenvalue weighted by molar-refractivity contribution is 1.15. The summed E-state index contributed by atoms with van der Waals surface area (Å²) in [5, 5.41) is 16.5. The van der Waals surface area contributed by atoms with Gasteiger partial charge in [0.15, 0.2) is 0 Å². The minimum absolute atomic E-state index is 0.937. The molecule has 0 amide bonds. The predicted molar refractivity (Wildman–Crippen MR) is 357 cm³/mol. The van der Waals surface area contributed by atoms with Crippen LogP contribution in [-0.4, -0.2) is 37.0 Å². The number of benzene rings is 12. The number of rotatable bonds is 5. The van der Waals surface area contributed by atoms with Crippen LogP contribution in [-0.2, 0) is 0 Å². The van der Waals surface area contributed by atoms with Gasteiger partial charge in [0, 0.05) is 112 Å². The first-order valence-corrected chi connectivity index (χ1v) is 29.4. The van der Waals surface area contributed by atoms with E-state index in [2.05, 4.69) is 294 Å². The van der Waals surface area contributed by atoms with E-state index in [-0.39, 0.29) is 0 Å². The average Bonchev–Trinajstić information content (AvgIpc) is 1.52. The number of aromatic nitrogens is 8. The van der Waals surface area contributed by atoms with Gasteiger partial charge in [-0.3, -0.25) is 8.80 Å². The second-order valence-corrected chi connectivity index (χ2v) is 22.9. The molecule has 0 unspecified atom stereocenters. The van der Waals surface area contributed by atoms with Crippen LogP contribution < -0.4 is 0 Å². The molecule has 20 rings (SSSR count). The first-order chi connectivity index (χ1) is 42.8. The van der Waals surface area contributed by atoms with Crippen molar-refractivity contribution in [2.75, 3.05) is 0 Å². The van der Waals surface area contributed by atoms with Gasteiger partial charge in [-0.05, 0) is 94.7 Å². The highest BCUT2D eigenvalue weighted by Crippen LogP contribution is 2.52. The Kier molecular flexibility index (Phi) is 9.03. The molecule has 0 atom stereocenters. The normalized spacial score (nSPS) is 12.4. The van der Waals surface area contributed by atoms with Gasteiger partial charge in [-0.2, -0.15) is 0 Å². The molecule has 0 aliphatic heterocycles. The average molecular weight is 1100 g/mol. The van der Waals surface area contributed by atoms with Gasteiger partial charge in [-0.15, -0.1) is 0 Å². The summed E-state index contributed by atoms with van der Waals surface area (Å²) in [4.78, 5) is 10.2. The molecule has 0 saturated carbocycles. The molecule has 8 heteroatoms. The van der Waals surface area contributed by atoms with Crippen LogP contribution in [0.2, 0.25) is 0 Å². The Morgan fingerprint density at radius 2 is 0.523 bits per heavy atom. The van der Waals surface area contributed by atoms with Crippen molar-refractivity contribution in [3.05, 3.63) is 280 Å². The van der Waals surface area contributed by atoms with Gasteiger partial charge in [0.25, 0.3) is 0 Å². The van der Waals surface area contributed by atoms with Crippen LogP contribution in [0.5, 0.6) is 0 Å². The molecular formula is C78H46N8. The third-order valence-electron chi connectivity index (χ3n) is 18.6. The van der Waals surface area contributed by atoms with Crippen molar-refractivity contribution < 1.29 is 0 Å². The van der Waals surface area contributed by atoms with Crippen molar-refractivity contribution in [2.45, 2.75) is 0 Å². The highest BCUT2D eigenvalue weighted by molar-refractivity contribution is 6.42. The molecule has 8 heterocycles. The highest BCUT2D eigenvalue weighted by Gasteiger charge is 2.31. The maximum Gasteiger partial charge on any atom is 0.145 e. The minimum atomic E-state index is 0.937. The van der Waals surface area contributed by atoms with Crippen LogP contribution in [0.1, 0.15) is 0 Å². The van der Waals surface area contributed by atoms with E-state index in [4.69, 9.17) is 9.97 Å². The van der Waals surface area contributed by atoms with Crippen LogP contribution in [0.15, 0.2) is 280 Å². The number of nitrogens with zero attached hydrogens (tertiary/aromatic N) is 8. The largest absolute Gasteiger partial charge is 0.308 e. The molecule has 86 heavy (non-hydrogen) atoms. The summed E-state index contributed by atoms with van der Waals surface area (Å²) in [6.45, 7) is 0. The fraction of sp³-hybridized carbons (Fsp3) is 0. The van der Waals surface area contributed by atoms with Gasteiger partial charge >= 0.3 is 0 Å². The predicted octanol–water partition coefficient (Wildman–Crippen LogP) is 19.7. The molecule has 0 fully saturated rings. The standard InChI is InChI=1S/C78H46N8/c1-5-21-49(22-6-1)83-61-35-19-18-34-58(61)70-73(83)67-54-30-14-16-32-56(54)78-80-42-44-82(78)72(67)68-60-40-38-48(46-64(60)85(74(68)70)51-25-9-3-10-26-51)47-37-39-59-63(45-47)86(52-27-11-4-12-28-52)75-66(59)65-53-29-13-15-31-55(53)77-79-41-43-81(77)71(65)69-57-33-17-20-36-62(57)84(76(69)75)50-23-7-2-8-24-50/h1-46H. The molecule has 0 radical (unpaired) electrons. The van der Waals surface area contributed by atoms with Gasteiger partial charge in [0.05, 0.1) is 55.2 Å². The summed E-state index contributed by atoms with van der Waals surface area (Å²) in [5.74, 6) is 0. The second-order valence-electron chi connectivity index (χ2n) is 22.9. The molecule has 398 valence electrons. The van der Waals surface area contributed by atoms with E-state index >= 15 is 0 Å². The SMILES string of the molecule is c1ccc(-n2c3ccccc3c3c2c2c4ccccc4c4nccn4c2c2c4ccc(-c5ccc6c7c8c9ccccc9c9nccn9c8c8c9ccccc9n(-c9ccccc9)c8c7n(-c7ccccc7)c6c5)cc4n(-c4ccccc4)c32)cc1. The van der Waals surface area contributed by atoms with Crippen molar-refractivity contribution in [1.82, 2.24) is 37.0 Å². The Morgan fingerprint density at radius 3 is 1.01 bits per heavy atom. The Morgan fingerprint density at radius 1 is 0.221 bits per heavy atom. The van der Waals surface area contributed by atoms with E-state index in [1.807, 2.05) is 12.4 Å². The number of hydrogen-bond acceptors (Lipinski definition) is 2. The Hall–Kier alpha value is -11.7. The molecule has 8 nitrogen and oxygen atoms in total. The van der Waals surface area contributed by atoms with Crippen molar-refractivity contribution in [2.24, 2.45) is 0 Å². The Balaban J connectivity index is 0.969. The van der Waals surface area contributed by atoms with Crippen LogP contribution >= 0.6 is 0 Å². The second kappa shape index (κ2) is 16.9. The molecule has 0 bridgehead atoms. The summed E-state index contributed by atoms with van der Waals surface area (Å²) in [6.07, 6.45) is 8.22. The molecule has 0 aliphatic carbocycles. The fourth-order valence-corrected chi connectivity index (χ4v) is 15.3. The van der Waals surface area contributed by atoms with E-state index < -0.39 is 0 Å². The summed E-state index contributed by atoms with van der Waals surface area (Å²) in [7, 11) is 0. The third kappa shape index (κ3) is 5.86. The van der Waals surface area contributed by atoms with Crippen molar-refractivity contribution in [3.8, 4) is 33.9 Å². The van der Waals surface area contributed by atoms with Gasteiger partial charge in [0.2, 0.25) is 0 Å². The molecule has 8 aromatic heterocycles. The summed E-state index contributed by atoms with van der Waals surface area (Å²) >= 11 is 0. The fourth-order valence-electron chi connectivity index (χ4n) is 15.3.